The van der Waals surface area contributed by atoms with Crippen LogP contribution in [0.3, 0.4) is 0 Å². The maximum Gasteiger partial charge on any atom is 0.129 e. The van der Waals surface area contributed by atoms with Gasteiger partial charge in [-0.2, -0.15) is 0 Å². The number of rotatable bonds is 4. The van der Waals surface area contributed by atoms with Crippen LogP contribution in [0.1, 0.15) is 11.5 Å². The van der Waals surface area contributed by atoms with Gasteiger partial charge in [-0.3, -0.25) is 0 Å². The van der Waals surface area contributed by atoms with Gasteiger partial charge in [-0.05, 0) is 12.1 Å². The fourth-order valence-corrected chi connectivity index (χ4v) is 1.05. The van der Waals surface area contributed by atoms with Gasteiger partial charge in [0.15, 0.2) is 0 Å². The lowest BCUT2D eigenvalue weighted by Crippen LogP contribution is -2.10. The molecule has 0 saturated carbocycles. The Balaban J connectivity index is 2.58. The van der Waals surface area contributed by atoms with E-state index in [1.807, 2.05) is 12.1 Å². The Bertz CT molecular complexity index is 270. The Morgan fingerprint density at radius 3 is 2.83 bits per heavy atom. The first-order valence-electron chi connectivity index (χ1n) is 3.57. The molecule has 0 spiro atoms. The molecule has 0 aliphatic carbocycles. The van der Waals surface area contributed by atoms with Crippen LogP contribution in [0.15, 0.2) is 16.5 Å². The molecule has 0 bridgehead atoms. The predicted molar refractivity (Wildman–Crippen MR) is 49.9 cm³/mol. The summed E-state index contributed by atoms with van der Waals surface area (Å²) in [5.74, 6) is 1.58. The van der Waals surface area contributed by atoms with Crippen LogP contribution in [0.2, 0.25) is 0 Å². The van der Waals surface area contributed by atoms with Crippen molar-refractivity contribution in [3.63, 3.8) is 0 Å². The third-order valence-corrected chi connectivity index (χ3v) is 1.50. The van der Waals surface area contributed by atoms with Crippen molar-refractivity contribution in [1.82, 2.24) is 0 Å². The fourth-order valence-electron chi connectivity index (χ4n) is 0.909. The van der Waals surface area contributed by atoms with Crippen LogP contribution in [-0.2, 0) is 17.8 Å². The summed E-state index contributed by atoms with van der Waals surface area (Å²) in [5.41, 5.74) is 5.35. The van der Waals surface area contributed by atoms with Crippen LogP contribution < -0.4 is 5.73 Å². The summed E-state index contributed by atoms with van der Waals surface area (Å²) in [6.45, 7) is 0.483. The maximum absolute atomic E-state index is 5.35. The van der Waals surface area contributed by atoms with E-state index in [1.165, 1.54) is 0 Å². The van der Waals surface area contributed by atoms with E-state index in [2.05, 4.69) is 0 Å². The second-order valence-electron chi connectivity index (χ2n) is 2.44. The van der Waals surface area contributed by atoms with Crippen LogP contribution in [-0.4, -0.2) is 12.1 Å². The Hall–Kier alpha value is -0.870. The number of ether oxygens (including phenoxy) is 1. The van der Waals surface area contributed by atoms with Crippen LogP contribution in [0.5, 0.6) is 0 Å². The maximum atomic E-state index is 5.35. The molecule has 0 radical (unpaired) electrons. The van der Waals surface area contributed by atoms with Crippen molar-refractivity contribution in [2.24, 2.45) is 5.73 Å². The molecule has 0 fully saturated rings. The molecule has 12 heavy (non-hydrogen) atoms. The standard InChI is InChI=1S/C8H11NO2S/c1-10-5-7-3-2-6(11-7)4-8(9)12/h2-3H,4-5H2,1H3,(H2,9,12). The van der Waals surface area contributed by atoms with E-state index in [0.717, 1.165) is 11.5 Å². The predicted octanol–water partition coefficient (Wildman–Crippen LogP) is 1.25. The molecule has 0 aliphatic rings. The minimum atomic E-state index is 0.438. The second-order valence-corrected chi connectivity index (χ2v) is 2.97. The molecular weight excluding hydrogens is 174 g/mol. The minimum absolute atomic E-state index is 0.438. The Labute approximate surface area is 76.5 Å². The van der Waals surface area contributed by atoms with Gasteiger partial charge in [0.2, 0.25) is 0 Å². The van der Waals surface area contributed by atoms with Gasteiger partial charge in [-0.15, -0.1) is 0 Å². The number of nitrogens with two attached hydrogens (primary N) is 1. The van der Waals surface area contributed by atoms with Gasteiger partial charge >= 0.3 is 0 Å². The highest BCUT2D eigenvalue weighted by atomic mass is 32.1. The molecule has 1 rings (SSSR count). The minimum Gasteiger partial charge on any atom is -0.463 e. The molecule has 0 saturated heterocycles. The molecule has 0 unspecified atom stereocenters. The number of furan rings is 1. The summed E-state index contributed by atoms with van der Waals surface area (Å²) in [6, 6.07) is 3.71. The molecule has 1 aromatic rings. The zero-order valence-electron chi connectivity index (χ0n) is 6.87. The van der Waals surface area contributed by atoms with Crippen molar-refractivity contribution in [3.8, 4) is 0 Å². The highest BCUT2D eigenvalue weighted by Gasteiger charge is 2.01. The normalized spacial score (nSPS) is 10.1. The van der Waals surface area contributed by atoms with Gasteiger partial charge < -0.3 is 14.9 Å². The summed E-state index contributed by atoms with van der Waals surface area (Å²) in [7, 11) is 1.62. The fraction of sp³-hybridized carbons (Fsp3) is 0.375. The van der Waals surface area contributed by atoms with Crippen molar-refractivity contribution in [3.05, 3.63) is 23.7 Å². The highest BCUT2D eigenvalue weighted by molar-refractivity contribution is 7.80. The third-order valence-electron chi connectivity index (χ3n) is 1.35. The second kappa shape index (κ2) is 4.23. The van der Waals surface area contributed by atoms with E-state index < -0.39 is 0 Å². The van der Waals surface area contributed by atoms with E-state index >= 15 is 0 Å². The van der Waals surface area contributed by atoms with Crippen molar-refractivity contribution in [2.45, 2.75) is 13.0 Å². The smallest absolute Gasteiger partial charge is 0.129 e. The lowest BCUT2D eigenvalue weighted by Gasteiger charge is -1.94. The molecule has 0 amide bonds. The number of hydrogen-bond donors (Lipinski definition) is 1. The quantitative estimate of drug-likeness (QED) is 0.717. The van der Waals surface area contributed by atoms with Crippen LogP contribution in [0.4, 0.5) is 0 Å². The van der Waals surface area contributed by atoms with Gasteiger partial charge in [0.25, 0.3) is 0 Å². The number of thiocarbonyl (C=S) groups is 1. The highest BCUT2D eigenvalue weighted by Crippen LogP contribution is 2.09. The monoisotopic (exact) mass is 185 g/mol. The summed E-state index contributed by atoms with van der Waals surface area (Å²) >= 11 is 4.74. The van der Waals surface area contributed by atoms with Crippen LogP contribution >= 0.6 is 12.2 Å². The molecular formula is C8H11NO2S. The average molecular weight is 185 g/mol. The van der Waals surface area contributed by atoms with Gasteiger partial charge in [0.05, 0.1) is 11.4 Å². The van der Waals surface area contributed by atoms with E-state index in [1.54, 1.807) is 7.11 Å². The Kier molecular flexibility index (Phi) is 3.25. The lowest BCUT2D eigenvalue weighted by atomic mass is 10.3. The Morgan fingerprint density at radius 1 is 1.58 bits per heavy atom. The molecule has 1 heterocycles. The average Bonchev–Trinajstić information content (AvgIpc) is 2.36. The molecule has 66 valence electrons. The largest absolute Gasteiger partial charge is 0.463 e. The van der Waals surface area contributed by atoms with Crippen LogP contribution in [0.25, 0.3) is 0 Å². The molecule has 0 aromatic carbocycles. The Morgan fingerprint density at radius 2 is 2.25 bits per heavy atom. The van der Waals surface area contributed by atoms with Crippen molar-refractivity contribution >= 4 is 17.2 Å². The molecule has 2 N–H and O–H groups in total. The zero-order chi connectivity index (χ0) is 8.97. The van der Waals surface area contributed by atoms with E-state index in [-0.39, 0.29) is 0 Å². The zero-order valence-corrected chi connectivity index (χ0v) is 7.69. The lowest BCUT2D eigenvalue weighted by molar-refractivity contribution is 0.163. The first kappa shape index (κ1) is 9.22. The van der Waals surface area contributed by atoms with Gasteiger partial charge in [0.1, 0.15) is 18.1 Å². The van der Waals surface area contributed by atoms with E-state index in [0.29, 0.717) is 18.0 Å². The van der Waals surface area contributed by atoms with Crippen LogP contribution in [0, 0.1) is 0 Å². The van der Waals surface area contributed by atoms with E-state index in [4.69, 9.17) is 27.1 Å². The molecule has 3 nitrogen and oxygen atoms in total. The first-order chi connectivity index (χ1) is 5.72. The first-order valence-corrected chi connectivity index (χ1v) is 3.98. The van der Waals surface area contributed by atoms with Gasteiger partial charge in [-0.1, -0.05) is 12.2 Å². The number of methoxy groups -OCH3 is 1. The van der Waals surface area contributed by atoms with Crippen molar-refractivity contribution in [1.29, 1.82) is 0 Å². The number of hydrogen-bond acceptors (Lipinski definition) is 3. The molecule has 0 aliphatic heterocycles. The molecule has 0 atom stereocenters. The molecule has 1 aromatic heterocycles. The van der Waals surface area contributed by atoms with Crippen molar-refractivity contribution in [2.75, 3.05) is 7.11 Å². The topological polar surface area (TPSA) is 48.4 Å². The SMILES string of the molecule is COCc1ccc(CC(N)=S)o1. The molecule has 4 heteroatoms. The summed E-state index contributed by atoms with van der Waals surface area (Å²) in [5, 5.41) is 0. The van der Waals surface area contributed by atoms with Gasteiger partial charge in [-0.25, -0.2) is 0 Å². The van der Waals surface area contributed by atoms with E-state index in [9.17, 15) is 0 Å². The summed E-state index contributed by atoms with van der Waals surface area (Å²) < 4.78 is 10.2. The third kappa shape index (κ3) is 2.64. The summed E-state index contributed by atoms with van der Waals surface area (Å²) in [6.07, 6.45) is 0.513. The summed E-state index contributed by atoms with van der Waals surface area (Å²) in [4.78, 5) is 0.438. The van der Waals surface area contributed by atoms with Gasteiger partial charge in [0, 0.05) is 7.11 Å². The van der Waals surface area contributed by atoms with Crippen molar-refractivity contribution < 1.29 is 9.15 Å².